The molecule has 5 aliphatic rings. The van der Waals surface area contributed by atoms with Crippen LogP contribution in [0.4, 0.5) is 45.5 Å². The molecule has 4 heterocycles. The number of para-hydroxylation sites is 2. The smallest absolute Gasteiger partial charge is 0.252 e. The van der Waals surface area contributed by atoms with Gasteiger partial charge in [-0.1, -0.05) is 132 Å². The summed E-state index contributed by atoms with van der Waals surface area (Å²) in [5.74, 6) is 0. The van der Waals surface area contributed by atoms with Crippen molar-refractivity contribution in [2.24, 2.45) is 0 Å². The highest BCUT2D eigenvalue weighted by atomic mass is 16.3. The maximum Gasteiger partial charge on any atom is 0.252 e. The van der Waals surface area contributed by atoms with Crippen molar-refractivity contribution in [3.8, 4) is 11.1 Å². The number of hydrogen-bond acceptors (Lipinski definition) is 4. The molecule has 0 saturated heterocycles. The Bertz CT molecular complexity index is 3700. The van der Waals surface area contributed by atoms with Crippen molar-refractivity contribution >= 4 is 90.5 Å². The molecule has 2 aliphatic carbocycles. The summed E-state index contributed by atoms with van der Waals surface area (Å²) in [6.45, 7) is 19.1. The molecule has 8 aromatic carbocycles. The van der Waals surface area contributed by atoms with Crippen molar-refractivity contribution in [3.63, 3.8) is 0 Å². The summed E-state index contributed by atoms with van der Waals surface area (Å²) >= 11 is 0. The zero-order valence-electron chi connectivity index (χ0n) is 41.2. The van der Waals surface area contributed by atoms with Gasteiger partial charge in [-0.25, -0.2) is 0 Å². The van der Waals surface area contributed by atoms with Crippen LogP contribution in [0.25, 0.3) is 33.1 Å². The summed E-state index contributed by atoms with van der Waals surface area (Å²) in [7, 11) is 0. The lowest BCUT2D eigenvalue weighted by molar-refractivity contribution is 0.194. The highest BCUT2D eigenvalue weighted by molar-refractivity contribution is 7.00. The molecule has 0 amide bonds. The third-order valence-corrected chi connectivity index (χ3v) is 17.5. The fourth-order valence-electron chi connectivity index (χ4n) is 14.3. The first-order valence-corrected chi connectivity index (χ1v) is 25.4. The lowest BCUT2D eigenvalue weighted by atomic mass is 9.33. The standard InChI is InChI=1S/C64H58BN3O/c1-38-31-40(3)59-54(32-38)68(64(8)30-14-13-29-63(59,64)7)44-26-28-49-53(37-44)67(51-23-16-21-47-46-20-11-12-24-57(46)69-61(47)51)56-34-39(2)33-55-60(56)65(49)48-27-25-43(62(4,5)6)36-52(48)66(55)50-22-15-18-42-35-41-17-9-10-19-45(41)58(42)50/h9-12,15-28,31-34,36-37H,13-14,29-30,35H2,1-8H3. The van der Waals surface area contributed by atoms with E-state index in [9.17, 15) is 0 Å². The summed E-state index contributed by atoms with van der Waals surface area (Å²) in [6, 6.07) is 56.1. The Morgan fingerprint density at radius 2 is 1.22 bits per heavy atom. The predicted octanol–water partition coefficient (Wildman–Crippen LogP) is 15.2. The molecule has 0 radical (unpaired) electrons. The van der Waals surface area contributed by atoms with Gasteiger partial charge in [-0.2, -0.15) is 0 Å². The third-order valence-electron chi connectivity index (χ3n) is 17.5. The minimum Gasteiger partial charge on any atom is -0.454 e. The quantitative estimate of drug-likeness (QED) is 0.165. The molecule has 3 aliphatic heterocycles. The first kappa shape index (κ1) is 41.0. The SMILES string of the molecule is Cc1cc2c3c(c1)N(c1cccc4c1oc1ccccc14)c1cc(N4c5cc(C)cc(C)c5C5(C)CCCCC45C)ccc1B3c1ccc(C(C)(C)C)cc1N2c1cccc2c1-c1ccccc1C2. The summed E-state index contributed by atoms with van der Waals surface area (Å²) < 4.78 is 7.01. The van der Waals surface area contributed by atoms with Gasteiger partial charge in [-0.05, 0) is 168 Å². The van der Waals surface area contributed by atoms with Gasteiger partial charge in [-0.3, -0.25) is 0 Å². The molecule has 69 heavy (non-hydrogen) atoms. The highest BCUT2D eigenvalue weighted by Gasteiger charge is 2.58. The number of aryl methyl sites for hydroxylation is 3. The molecule has 0 bridgehead atoms. The van der Waals surface area contributed by atoms with Gasteiger partial charge >= 0.3 is 0 Å². The second kappa shape index (κ2) is 14.1. The van der Waals surface area contributed by atoms with E-state index in [-0.39, 0.29) is 23.1 Å². The number of nitrogens with zero attached hydrogens (tertiary/aromatic N) is 3. The fourth-order valence-corrected chi connectivity index (χ4v) is 14.3. The van der Waals surface area contributed by atoms with Crippen LogP contribution in [0.15, 0.2) is 150 Å². The van der Waals surface area contributed by atoms with Gasteiger partial charge in [0.05, 0.1) is 16.9 Å². The summed E-state index contributed by atoms with van der Waals surface area (Å²) in [4.78, 5) is 8.01. The molecule has 0 N–H and O–H groups in total. The zero-order chi connectivity index (χ0) is 46.9. The minimum atomic E-state index is -0.0872. The molecular formula is C64H58BN3O. The average molecular weight is 896 g/mol. The number of benzene rings is 8. The highest BCUT2D eigenvalue weighted by Crippen LogP contribution is 2.62. The van der Waals surface area contributed by atoms with Crippen LogP contribution in [0.1, 0.15) is 99.2 Å². The molecule has 1 fully saturated rings. The maximum absolute atomic E-state index is 7.01. The van der Waals surface area contributed by atoms with Crippen molar-refractivity contribution in [3.05, 3.63) is 185 Å². The van der Waals surface area contributed by atoms with Crippen LogP contribution < -0.4 is 31.1 Å². The van der Waals surface area contributed by atoms with Crippen molar-refractivity contribution < 1.29 is 4.42 Å². The Balaban J connectivity index is 1.08. The summed E-state index contributed by atoms with van der Waals surface area (Å²) in [5.41, 5.74) is 27.9. The zero-order valence-corrected chi connectivity index (χ0v) is 41.2. The number of anilines is 8. The number of fused-ring (bicyclic) bond motifs is 13. The summed E-state index contributed by atoms with van der Waals surface area (Å²) in [6.07, 6.45) is 5.78. The van der Waals surface area contributed by atoms with Crippen LogP contribution in [0.3, 0.4) is 0 Å². The molecular weight excluding hydrogens is 838 g/mol. The van der Waals surface area contributed by atoms with Crippen LogP contribution in [0, 0.1) is 20.8 Å². The van der Waals surface area contributed by atoms with E-state index in [1.54, 1.807) is 0 Å². The lowest BCUT2D eigenvalue weighted by Gasteiger charge is -2.51. The monoisotopic (exact) mass is 895 g/mol. The Morgan fingerprint density at radius 3 is 2.04 bits per heavy atom. The van der Waals surface area contributed by atoms with E-state index >= 15 is 0 Å². The van der Waals surface area contributed by atoms with Crippen LogP contribution >= 0.6 is 0 Å². The van der Waals surface area contributed by atoms with Gasteiger partial charge in [0, 0.05) is 55.9 Å². The van der Waals surface area contributed by atoms with Crippen molar-refractivity contribution in [2.75, 3.05) is 14.7 Å². The van der Waals surface area contributed by atoms with Crippen LogP contribution in [-0.2, 0) is 17.3 Å². The predicted molar refractivity (Wildman–Crippen MR) is 292 cm³/mol. The number of rotatable bonds is 3. The number of furan rings is 1. The van der Waals surface area contributed by atoms with Crippen molar-refractivity contribution in [1.82, 2.24) is 0 Å². The largest absolute Gasteiger partial charge is 0.454 e. The lowest BCUT2D eigenvalue weighted by Crippen LogP contribution is -2.61. The molecule has 338 valence electrons. The van der Waals surface area contributed by atoms with Gasteiger partial charge in [0.15, 0.2) is 5.58 Å². The Hall–Kier alpha value is -6.98. The molecule has 4 nitrogen and oxygen atoms in total. The normalized spacial score (nSPS) is 19.6. The van der Waals surface area contributed by atoms with E-state index in [0.717, 1.165) is 40.5 Å². The van der Waals surface area contributed by atoms with Gasteiger partial charge in [0.2, 0.25) is 0 Å². The van der Waals surface area contributed by atoms with Crippen molar-refractivity contribution in [1.29, 1.82) is 0 Å². The van der Waals surface area contributed by atoms with Gasteiger partial charge in [0.1, 0.15) is 5.58 Å². The van der Waals surface area contributed by atoms with E-state index in [4.69, 9.17) is 4.42 Å². The van der Waals surface area contributed by atoms with Gasteiger partial charge < -0.3 is 19.1 Å². The second-order valence-electron chi connectivity index (χ2n) is 22.6. The van der Waals surface area contributed by atoms with E-state index in [2.05, 4.69) is 216 Å². The Labute approximate surface area is 407 Å². The first-order chi connectivity index (χ1) is 33.3. The van der Waals surface area contributed by atoms with E-state index in [0.29, 0.717) is 0 Å². The maximum atomic E-state index is 7.01. The molecule has 14 rings (SSSR count). The Morgan fingerprint density at radius 1 is 0.565 bits per heavy atom. The molecule has 1 saturated carbocycles. The molecule has 9 aromatic rings. The fraction of sp³-hybridized carbons (Fsp3) is 0.250. The van der Waals surface area contributed by atoms with Crippen LogP contribution in [0.2, 0.25) is 0 Å². The Kier molecular flexibility index (Phi) is 8.37. The van der Waals surface area contributed by atoms with E-state index < -0.39 is 0 Å². The topological polar surface area (TPSA) is 22.9 Å². The minimum absolute atomic E-state index is 0.0130. The molecule has 2 unspecified atom stereocenters. The van der Waals surface area contributed by atoms with Crippen molar-refractivity contribution in [2.45, 2.75) is 104 Å². The van der Waals surface area contributed by atoms with Gasteiger partial charge in [-0.15, -0.1) is 0 Å². The summed E-state index contributed by atoms with van der Waals surface area (Å²) in [5, 5.41) is 2.27. The van der Waals surface area contributed by atoms with E-state index in [1.807, 2.05) is 0 Å². The van der Waals surface area contributed by atoms with Crippen LogP contribution in [0.5, 0.6) is 0 Å². The number of hydrogen-bond donors (Lipinski definition) is 0. The third kappa shape index (κ3) is 5.48. The van der Waals surface area contributed by atoms with E-state index in [1.165, 1.54) is 126 Å². The molecule has 5 heteroatoms. The molecule has 2 atom stereocenters. The first-order valence-electron chi connectivity index (χ1n) is 25.4. The average Bonchev–Trinajstić information content (AvgIpc) is 3.97. The molecule has 0 spiro atoms. The van der Waals surface area contributed by atoms with Gasteiger partial charge in [0.25, 0.3) is 6.71 Å². The van der Waals surface area contributed by atoms with Crippen LogP contribution in [-0.4, -0.2) is 12.3 Å². The second-order valence-corrected chi connectivity index (χ2v) is 22.6. The molecule has 1 aromatic heterocycles.